The van der Waals surface area contributed by atoms with E-state index in [9.17, 15) is 4.79 Å². The molecule has 0 unspecified atom stereocenters. The smallest absolute Gasteiger partial charge is 0.129 e. The third-order valence-corrected chi connectivity index (χ3v) is 4.51. The molecule has 0 aliphatic heterocycles. The molecule has 0 aromatic rings. The van der Waals surface area contributed by atoms with Crippen LogP contribution in [0.5, 0.6) is 0 Å². The van der Waals surface area contributed by atoms with Crippen molar-refractivity contribution in [3.63, 3.8) is 0 Å². The highest BCUT2D eigenvalue weighted by atomic mass is 16.1. The molecule has 0 saturated heterocycles. The molecule has 0 spiro atoms. The molecule has 1 aliphatic carbocycles. The fourth-order valence-corrected chi connectivity index (χ4v) is 3.45. The molecule has 16 heavy (non-hydrogen) atoms. The maximum absolute atomic E-state index is 11.2. The van der Waals surface area contributed by atoms with Crippen molar-refractivity contribution < 1.29 is 4.79 Å². The van der Waals surface area contributed by atoms with Crippen LogP contribution in [0, 0.1) is 22.7 Å². The largest absolute Gasteiger partial charge is 0.300 e. The molecular weight excluding hydrogens is 196 g/mol. The van der Waals surface area contributed by atoms with Crippen molar-refractivity contribution in [1.29, 1.82) is 0 Å². The number of carbonyl (C=O) groups is 1. The van der Waals surface area contributed by atoms with E-state index >= 15 is 0 Å². The Labute approximate surface area is 101 Å². The van der Waals surface area contributed by atoms with Gasteiger partial charge in [-0.15, -0.1) is 0 Å². The van der Waals surface area contributed by atoms with Gasteiger partial charge in [-0.25, -0.2) is 0 Å². The second kappa shape index (κ2) is 4.50. The van der Waals surface area contributed by atoms with Crippen molar-refractivity contribution in [3.05, 3.63) is 0 Å². The van der Waals surface area contributed by atoms with Crippen LogP contribution >= 0.6 is 0 Å². The maximum atomic E-state index is 11.2. The topological polar surface area (TPSA) is 17.1 Å². The van der Waals surface area contributed by atoms with Crippen LogP contribution in [0.2, 0.25) is 0 Å². The fraction of sp³-hybridized carbons (Fsp3) is 0.933. The number of hydrogen-bond acceptors (Lipinski definition) is 1. The summed E-state index contributed by atoms with van der Waals surface area (Å²) >= 11 is 0. The molecule has 0 heterocycles. The molecule has 0 aromatic heterocycles. The number of hydrogen-bond donors (Lipinski definition) is 0. The zero-order chi connectivity index (χ0) is 12.6. The fourth-order valence-electron chi connectivity index (χ4n) is 3.45. The lowest BCUT2D eigenvalue weighted by Gasteiger charge is -2.37. The monoisotopic (exact) mass is 224 g/mol. The Hall–Kier alpha value is -0.330. The molecule has 94 valence electrons. The Kier molecular flexibility index (Phi) is 3.87. The average molecular weight is 224 g/mol. The van der Waals surface area contributed by atoms with Crippen LogP contribution < -0.4 is 0 Å². The van der Waals surface area contributed by atoms with Crippen molar-refractivity contribution in [1.82, 2.24) is 0 Å². The van der Waals surface area contributed by atoms with Crippen molar-refractivity contribution in [2.75, 3.05) is 0 Å². The van der Waals surface area contributed by atoms with E-state index in [4.69, 9.17) is 0 Å². The minimum atomic E-state index is 0.343. The van der Waals surface area contributed by atoms with Crippen LogP contribution in [-0.4, -0.2) is 5.78 Å². The summed E-state index contributed by atoms with van der Waals surface area (Å²) in [7, 11) is 0. The molecule has 0 radical (unpaired) electrons. The lowest BCUT2D eigenvalue weighted by Crippen LogP contribution is -2.30. The van der Waals surface area contributed by atoms with E-state index in [2.05, 4.69) is 34.6 Å². The van der Waals surface area contributed by atoms with Gasteiger partial charge in [0.15, 0.2) is 0 Å². The lowest BCUT2D eigenvalue weighted by atomic mass is 9.68. The van der Waals surface area contributed by atoms with Gasteiger partial charge >= 0.3 is 0 Å². The van der Waals surface area contributed by atoms with Gasteiger partial charge in [0.2, 0.25) is 0 Å². The highest BCUT2D eigenvalue weighted by Crippen LogP contribution is 2.54. The van der Waals surface area contributed by atoms with Gasteiger partial charge in [-0.1, -0.05) is 34.6 Å². The Morgan fingerprint density at radius 2 is 1.88 bits per heavy atom. The normalized spacial score (nSPS) is 29.4. The van der Waals surface area contributed by atoms with Crippen LogP contribution in [0.25, 0.3) is 0 Å². The summed E-state index contributed by atoms with van der Waals surface area (Å²) in [5.41, 5.74) is 0.808. The summed E-state index contributed by atoms with van der Waals surface area (Å²) in [6.45, 7) is 13.5. The Morgan fingerprint density at radius 3 is 2.31 bits per heavy atom. The first-order valence-electron chi connectivity index (χ1n) is 6.64. The number of carbonyl (C=O) groups excluding carboxylic acids is 1. The molecule has 0 bridgehead atoms. The molecule has 1 saturated carbocycles. The van der Waals surface area contributed by atoms with Crippen LogP contribution in [0.3, 0.4) is 0 Å². The van der Waals surface area contributed by atoms with Crippen molar-refractivity contribution >= 4 is 5.78 Å². The molecule has 2 atom stereocenters. The maximum Gasteiger partial charge on any atom is 0.129 e. The van der Waals surface area contributed by atoms with Crippen molar-refractivity contribution in [3.8, 4) is 0 Å². The molecule has 0 N–H and O–H groups in total. The van der Waals surface area contributed by atoms with Gasteiger partial charge in [-0.05, 0) is 48.9 Å². The second-order valence-electron chi connectivity index (χ2n) is 7.35. The van der Waals surface area contributed by atoms with E-state index in [0.717, 1.165) is 24.7 Å². The van der Waals surface area contributed by atoms with E-state index in [-0.39, 0.29) is 0 Å². The zero-order valence-corrected chi connectivity index (χ0v) is 11.9. The van der Waals surface area contributed by atoms with E-state index in [0.29, 0.717) is 16.6 Å². The van der Waals surface area contributed by atoms with E-state index in [1.165, 1.54) is 12.8 Å². The van der Waals surface area contributed by atoms with Crippen LogP contribution in [-0.2, 0) is 4.79 Å². The molecule has 1 aliphatic rings. The van der Waals surface area contributed by atoms with E-state index in [1.54, 1.807) is 6.92 Å². The van der Waals surface area contributed by atoms with Crippen molar-refractivity contribution in [2.45, 2.75) is 67.2 Å². The Morgan fingerprint density at radius 1 is 1.31 bits per heavy atom. The standard InChI is InChI=1S/C15H28O/c1-11(16)7-8-13-12(14(2,3)4)9-10-15(13,5)6/h12-13H,7-10H2,1-6H3/t12-,13+/m0/s1. The predicted molar refractivity (Wildman–Crippen MR) is 69.4 cm³/mol. The van der Waals surface area contributed by atoms with Gasteiger partial charge in [-0.2, -0.15) is 0 Å². The van der Waals surface area contributed by atoms with Crippen LogP contribution in [0.4, 0.5) is 0 Å². The van der Waals surface area contributed by atoms with Gasteiger partial charge in [-0.3, -0.25) is 0 Å². The van der Waals surface area contributed by atoms with E-state index < -0.39 is 0 Å². The predicted octanol–water partition coefficient (Wildman–Crippen LogP) is 4.45. The summed E-state index contributed by atoms with van der Waals surface area (Å²) in [4.78, 5) is 11.2. The minimum absolute atomic E-state index is 0.343. The number of Topliss-reactive ketones (excluding diaryl/α,β-unsaturated/α-hetero) is 1. The van der Waals surface area contributed by atoms with Gasteiger partial charge in [0.25, 0.3) is 0 Å². The van der Waals surface area contributed by atoms with Gasteiger partial charge in [0.05, 0.1) is 0 Å². The quantitative estimate of drug-likeness (QED) is 0.692. The molecule has 1 rings (SSSR count). The lowest BCUT2D eigenvalue weighted by molar-refractivity contribution is -0.117. The molecule has 1 fully saturated rings. The van der Waals surface area contributed by atoms with E-state index in [1.807, 2.05) is 0 Å². The Bertz CT molecular complexity index is 257. The van der Waals surface area contributed by atoms with Gasteiger partial charge < -0.3 is 4.79 Å². The first-order chi connectivity index (χ1) is 7.14. The summed E-state index contributed by atoms with van der Waals surface area (Å²) in [6.07, 6.45) is 4.50. The third kappa shape index (κ3) is 3.09. The van der Waals surface area contributed by atoms with Gasteiger partial charge in [0.1, 0.15) is 5.78 Å². The molecule has 0 aromatic carbocycles. The second-order valence-corrected chi connectivity index (χ2v) is 7.35. The molecule has 1 heteroatoms. The zero-order valence-electron chi connectivity index (χ0n) is 11.9. The minimum Gasteiger partial charge on any atom is -0.300 e. The first-order valence-corrected chi connectivity index (χ1v) is 6.64. The SMILES string of the molecule is CC(=O)CC[C@@H]1[C@@H](C(C)(C)C)CCC1(C)C. The van der Waals surface area contributed by atoms with Crippen LogP contribution in [0.15, 0.2) is 0 Å². The summed E-state index contributed by atoms with van der Waals surface area (Å²) in [5, 5.41) is 0. The summed E-state index contributed by atoms with van der Waals surface area (Å²) < 4.78 is 0. The summed E-state index contributed by atoms with van der Waals surface area (Å²) in [5.74, 6) is 1.84. The Balaban J connectivity index is 2.76. The molecule has 0 amide bonds. The number of ketones is 1. The number of rotatable bonds is 3. The first kappa shape index (κ1) is 13.7. The van der Waals surface area contributed by atoms with Crippen molar-refractivity contribution in [2.24, 2.45) is 22.7 Å². The van der Waals surface area contributed by atoms with Gasteiger partial charge in [0, 0.05) is 6.42 Å². The van der Waals surface area contributed by atoms with Crippen LogP contribution in [0.1, 0.15) is 67.2 Å². The highest BCUT2D eigenvalue weighted by Gasteiger charge is 2.45. The average Bonchev–Trinajstić information content (AvgIpc) is 2.36. The highest BCUT2D eigenvalue weighted by molar-refractivity contribution is 5.75. The molecular formula is C15H28O. The third-order valence-electron chi connectivity index (χ3n) is 4.51. The summed E-state index contributed by atoms with van der Waals surface area (Å²) in [6, 6.07) is 0. The molecule has 1 nitrogen and oxygen atoms in total.